The van der Waals surface area contributed by atoms with Crippen LogP contribution in [0.4, 0.5) is 0 Å². The van der Waals surface area contributed by atoms with Gasteiger partial charge in [0.2, 0.25) is 0 Å². The highest BCUT2D eigenvalue weighted by Gasteiger charge is 2.40. The molecule has 2 heterocycles. The summed E-state index contributed by atoms with van der Waals surface area (Å²) in [6.45, 7) is 1.03. The molecule has 14 heavy (non-hydrogen) atoms. The van der Waals surface area contributed by atoms with Gasteiger partial charge in [0.15, 0.2) is 0 Å². The molecule has 2 aliphatic rings. The maximum atomic E-state index is 5.91. The van der Waals surface area contributed by atoms with Gasteiger partial charge in [-0.05, 0) is 24.1 Å². The third-order valence-corrected chi connectivity index (χ3v) is 3.56. The van der Waals surface area contributed by atoms with E-state index in [1.54, 1.807) is 0 Å². The summed E-state index contributed by atoms with van der Waals surface area (Å²) in [4.78, 5) is 0. The molecule has 0 aliphatic carbocycles. The predicted octanol–water partition coefficient (Wildman–Crippen LogP) is 2.25. The van der Waals surface area contributed by atoms with Gasteiger partial charge in [-0.2, -0.15) is 0 Å². The second-order valence-corrected chi connectivity index (χ2v) is 4.90. The Kier molecular flexibility index (Phi) is 2.11. The molecule has 3 atom stereocenters. The standard InChI is InChI=1S/C11H12BrNO/c12-8-3-1-7(2-4-8)11-10-5-9(14-11)6-13-10/h1-4,9-11,13H,5-6H2/t9-,10-,11+/m1/s1. The average molecular weight is 254 g/mol. The van der Waals surface area contributed by atoms with Crippen LogP contribution in [0, 0.1) is 0 Å². The fourth-order valence-corrected chi connectivity index (χ4v) is 2.60. The van der Waals surface area contributed by atoms with Gasteiger partial charge in [0.1, 0.15) is 0 Å². The minimum atomic E-state index is 0.266. The lowest BCUT2D eigenvalue weighted by Crippen LogP contribution is -2.33. The van der Waals surface area contributed by atoms with Gasteiger partial charge in [-0.25, -0.2) is 0 Å². The van der Waals surface area contributed by atoms with E-state index in [9.17, 15) is 0 Å². The first-order valence-corrected chi connectivity index (χ1v) is 5.76. The van der Waals surface area contributed by atoms with Gasteiger partial charge in [-0.1, -0.05) is 28.1 Å². The number of rotatable bonds is 1. The zero-order valence-corrected chi connectivity index (χ0v) is 9.33. The lowest BCUT2D eigenvalue weighted by Gasteiger charge is -2.23. The Morgan fingerprint density at radius 3 is 2.64 bits per heavy atom. The molecule has 1 aromatic carbocycles. The summed E-state index contributed by atoms with van der Waals surface area (Å²) < 4.78 is 7.03. The molecule has 0 spiro atoms. The number of fused-ring (bicyclic) bond motifs is 2. The van der Waals surface area contributed by atoms with Crippen LogP contribution in [0.3, 0.4) is 0 Å². The van der Waals surface area contributed by atoms with Crippen LogP contribution in [0.2, 0.25) is 0 Å². The minimum Gasteiger partial charge on any atom is -0.367 e. The van der Waals surface area contributed by atoms with E-state index in [-0.39, 0.29) is 6.10 Å². The molecule has 3 rings (SSSR count). The van der Waals surface area contributed by atoms with Crippen molar-refractivity contribution in [3.05, 3.63) is 34.3 Å². The first-order chi connectivity index (χ1) is 6.83. The molecular weight excluding hydrogens is 242 g/mol. The molecule has 0 aromatic heterocycles. The minimum absolute atomic E-state index is 0.266. The van der Waals surface area contributed by atoms with Crippen molar-refractivity contribution in [3.8, 4) is 0 Å². The van der Waals surface area contributed by atoms with Crippen molar-refractivity contribution in [1.82, 2.24) is 5.32 Å². The summed E-state index contributed by atoms with van der Waals surface area (Å²) in [6, 6.07) is 8.95. The number of benzene rings is 1. The van der Waals surface area contributed by atoms with E-state index in [2.05, 4.69) is 45.5 Å². The Bertz CT molecular complexity index is 338. The largest absolute Gasteiger partial charge is 0.367 e. The zero-order valence-electron chi connectivity index (χ0n) is 7.74. The van der Waals surface area contributed by atoms with Gasteiger partial charge in [-0.3, -0.25) is 0 Å². The van der Waals surface area contributed by atoms with Crippen LogP contribution in [0.15, 0.2) is 28.7 Å². The molecule has 2 aliphatic heterocycles. The first kappa shape index (κ1) is 8.89. The molecular formula is C11H12BrNO. The fourth-order valence-electron chi connectivity index (χ4n) is 2.33. The number of morpholine rings is 1. The van der Waals surface area contributed by atoms with Crippen LogP contribution in [0.1, 0.15) is 18.1 Å². The Labute approximate surface area is 91.8 Å². The first-order valence-electron chi connectivity index (χ1n) is 4.97. The van der Waals surface area contributed by atoms with Gasteiger partial charge in [0.25, 0.3) is 0 Å². The van der Waals surface area contributed by atoms with Crippen LogP contribution in [-0.4, -0.2) is 18.7 Å². The normalized spacial score (nSPS) is 35.1. The Morgan fingerprint density at radius 1 is 1.29 bits per heavy atom. The van der Waals surface area contributed by atoms with Gasteiger partial charge in [-0.15, -0.1) is 0 Å². The van der Waals surface area contributed by atoms with Crippen LogP contribution < -0.4 is 5.32 Å². The molecule has 2 bridgehead atoms. The highest BCUT2D eigenvalue weighted by Crippen LogP contribution is 2.36. The highest BCUT2D eigenvalue weighted by molar-refractivity contribution is 9.10. The van der Waals surface area contributed by atoms with E-state index < -0.39 is 0 Å². The molecule has 2 fully saturated rings. The summed E-state index contributed by atoms with van der Waals surface area (Å²) in [5.41, 5.74) is 1.29. The van der Waals surface area contributed by atoms with Crippen molar-refractivity contribution >= 4 is 15.9 Å². The summed E-state index contributed by atoms with van der Waals surface area (Å²) in [7, 11) is 0. The maximum absolute atomic E-state index is 5.91. The van der Waals surface area contributed by atoms with E-state index in [1.165, 1.54) is 12.0 Å². The van der Waals surface area contributed by atoms with Crippen LogP contribution in [0.25, 0.3) is 0 Å². The molecule has 0 amide bonds. The Morgan fingerprint density at radius 2 is 2.07 bits per heavy atom. The maximum Gasteiger partial charge on any atom is 0.0983 e. The van der Waals surface area contributed by atoms with Crippen LogP contribution in [-0.2, 0) is 4.74 Å². The van der Waals surface area contributed by atoms with Gasteiger partial charge in [0, 0.05) is 17.1 Å². The highest BCUT2D eigenvalue weighted by atomic mass is 79.9. The van der Waals surface area contributed by atoms with Crippen molar-refractivity contribution < 1.29 is 4.74 Å². The molecule has 2 saturated heterocycles. The number of hydrogen-bond acceptors (Lipinski definition) is 2. The van der Waals surface area contributed by atoms with E-state index in [0.717, 1.165) is 11.0 Å². The van der Waals surface area contributed by atoms with Gasteiger partial charge < -0.3 is 10.1 Å². The summed E-state index contributed by atoms with van der Waals surface area (Å²) in [5, 5.41) is 3.48. The van der Waals surface area contributed by atoms with Gasteiger partial charge in [0.05, 0.1) is 12.2 Å². The molecule has 3 heteroatoms. The van der Waals surface area contributed by atoms with Crippen molar-refractivity contribution in [2.75, 3.05) is 6.54 Å². The number of ether oxygens (including phenoxy) is 1. The summed E-state index contributed by atoms with van der Waals surface area (Å²) in [5.74, 6) is 0. The third-order valence-electron chi connectivity index (χ3n) is 3.03. The van der Waals surface area contributed by atoms with Crippen molar-refractivity contribution in [2.24, 2.45) is 0 Å². The lowest BCUT2D eigenvalue weighted by atomic mass is 10.0. The summed E-state index contributed by atoms with van der Waals surface area (Å²) >= 11 is 3.44. The third kappa shape index (κ3) is 1.40. The smallest absolute Gasteiger partial charge is 0.0983 e. The molecule has 1 aromatic rings. The van der Waals surface area contributed by atoms with Crippen molar-refractivity contribution in [2.45, 2.75) is 24.7 Å². The van der Waals surface area contributed by atoms with Crippen molar-refractivity contribution in [1.29, 1.82) is 0 Å². The van der Waals surface area contributed by atoms with Crippen molar-refractivity contribution in [3.63, 3.8) is 0 Å². The van der Waals surface area contributed by atoms with Gasteiger partial charge >= 0.3 is 0 Å². The number of hydrogen-bond donors (Lipinski definition) is 1. The van der Waals surface area contributed by atoms with E-state index >= 15 is 0 Å². The quantitative estimate of drug-likeness (QED) is 0.829. The van der Waals surface area contributed by atoms with Crippen LogP contribution >= 0.6 is 15.9 Å². The molecule has 0 unspecified atom stereocenters. The average Bonchev–Trinajstić information content (AvgIpc) is 2.80. The monoisotopic (exact) mass is 253 g/mol. The topological polar surface area (TPSA) is 21.3 Å². The van der Waals surface area contributed by atoms with E-state index in [0.29, 0.717) is 12.1 Å². The Hall–Kier alpha value is -0.380. The van der Waals surface area contributed by atoms with E-state index in [4.69, 9.17) is 4.74 Å². The zero-order chi connectivity index (χ0) is 9.54. The summed E-state index contributed by atoms with van der Waals surface area (Å²) in [6.07, 6.45) is 1.87. The lowest BCUT2D eigenvalue weighted by molar-refractivity contribution is 0.0160. The molecule has 0 saturated carbocycles. The molecule has 74 valence electrons. The number of halogens is 1. The predicted molar refractivity (Wildman–Crippen MR) is 58.2 cm³/mol. The number of nitrogens with one attached hydrogen (secondary N) is 1. The Balaban J connectivity index is 1.86. The van der Waals surface area contributed by atoms with Crippen LogP contribution in [0.5, 0.6) is 0 Å². The second-order valence-electron chi connectivity index (χ2n) is 3.98. The fraction of sp³-hybridized carbons (Fsp3) is 0.455. The molecule has 1 N–H and O–H groups in total. The second kappa shape index (κ2) is 3.33. The van der Waals surface area contributed by atoms with E-state index in [1.807, 2.05) is 0 Å². The molecule has 0 radical (unpaired) electrons. The molecule has 2 nitrogen and oxygen atoms in total. The SMILES string of the molecule is Brc1ccc([C@@H]2O[C@H]3CN[C@@H]2C3)cc1.